The van der Waals surface area contributed by atoms with Gasteiger partial charge in [0.2, 0.25) is 5.91 Å². The summed E-state index contributed by atoms with van der Waals surface area (Å²) in [5, 5.41) is 9.33. The molecule has 0 saturated carbocycles. The van der Waals surface area contributed by atoms with Gasteiger partial charge in [-0.2, -0.15) is 0 Å². The van der Waals surface area contributed by atoms with Gasteiger partial charge in [0.05, 0.1) is 11.4 Å². The smallest absolute Gasteiger partial charge is 0.233 e. The summed E-state index contributed by atoms with van der Waals surface area (Å²) in [5.74, 6) is -0.0420. The molecule has 3 N–H and O–H groups in total. The molecule has 0 heterocycles. The number of nitrogens with zero attached hydrogens (tertiary/aromatic N) is 1. The van der Waals surface area contributed by atoms with E-state index in [2.05, 4.69) is 0 Å². The number of rotatable bonds is 4. The number of thiocarbonyl (C=S) groups is 1. The largest absolute Gasteiger partial charge is 0.508 e. The Labute approximate surface area is 99.7 Å². The maximum absolute atomic E-state index is 11.8. The molecule has 1 rings (SSSR count). The maximum atomic E-state index is 11.8. The normalized spacial score (nSPS) is 9.81. The molecular formula is C11H14N2O2S. The molecule has 0 spiro atoms. The molecule has 0 saturated heterocycles. The molecule has 0 atom stereocenters. The van der Waals surface area contributed by atoms with Crippen LogP contribution in [-0.4, -0.2) is 22.5 Å². The lowest BCUT2D eigenvalue weighted by Gasteiger charge is -2.20. The van der Waals surface area contributed by atoms with E-state index in [1.807, 2.05) is 6.92 Å². The van der Waals surface area contributed by atoms with E-state index in [1.54, 1.807) is 18.2 Å². The van der Waals surface area contributed by atoms with Crippen LogP contribution in [0.3, 0.4) is 0 Å². The Morgan fingerprint density at radius 1 is 1.56 bits per heavy atom. The summed E-state index contributed by atoms with van der Waals surface area (Å²) in [4.78, 5) is 13.5. The first-order chi connectivity index (χ1) is 7.54. The van der Waals surface area contributed by atoms with Crippen molar-refractivity contribution in [1.82, 2.24) is 0 Å². The predicted octanol–water partition coefficient (Wildman–Crippen LogP) is 1.42. The fourth-order valence-corrected chi connectivity index (χ4v) is 1.53. The van der Waals surface area contributed by atoms with Crippen molar-refractivity contribution in [3.63, 3.8) is 0 Å². The number of hydrogen-bond acceptors (Lipinski definition) is 3. The van der Waals surface area contributed by atoms with E-state index in [9.17, 15) is 9.90 Å². The molecule has 1 amide bonds. The molecule has 0 unspecified atom stereocenters. The highest BCUT2D eigenvalue weighted by atomic mass is 32.1. The summed E-state index contributed by atoms with van der Waals surface area (Å²) in [6.45, 7) is 2.35. The molecule has 0 aliphatic carbocycles. The number of anilines is 1. The maximum Gasteiger partial charge on any atom is 0.233 e. The second-order valence-corrected chi connectivity index (χ2v) is 3.83. The van der Waals surface area contributed by atoms with Gasteiger partial charge in [0.15, 0.2) is 0 Å². The molecule has 86 valence electrons. The van der Waals surface area contributed by atoms with Gasteiger partial charge in [0.1, 0.15) is 5.75 Å². The van der Waals surface area contributed by atoms with Crippen LogP contribution in [0, 0.1) is 0 Å². The fraction of sp³-hybridized carbons (Fsp3) is 0.273. The van der Waals surface area contributed by atoms with Gasteiger partial charge in [0.25, 0.3) is 0 Å². The molecule has 0 aromatic heterocycles. The van der Waals surface area contributed by atoms with Crippen LogP contribution < -0.4 is 10.6 Å². The van der Waals surface area contributed by atoms with Crippen LogP contribution in [0.2, 0.25) is 0 Å². The fourth-order valence-electron chi connectivity index (χ4n) is 1.41. The second-order valence-electron chi connectivity index (χ2n) is 3.30. The zero-order chi connectivity index (χ0) is 12.1. The Morgan fingerprint density at radius 2 is 2.25 bits per heavy atom. The third-order valence-corrected chi connectivity index (χ3v) is 2.23. The molecule has 1 aromatic carbocycles. The minimum absolute atomic E-state index is 0.0405. The number of carbonyl (C=O) groups is 1. The van der Waals surface area contributed by atoms with Crippen molar-refractivity contribution in [3.05, 3.63) is 24.3 Å². The lowest BCUT2D eigenvalue weighted by Crippen LogP contribution is -2.33. The number of carbonyl (C=O) groups excluding carboxylic acids is 1. The Morgan fingerprint density at radius 3 is 2.75 bits per heavy atom. The molecule has 5 heteroatoms. The number of aromatic hydroxyl groups is 1. The van der Waals surface area contributed by atoms with Gasteiger partial charge in [-0.1, -0.05) is 18.3 Å². The molecule has 0 radical (unpaired) electrons. The second kappa shape index (κ2) is 5.46. The summed E-state index contributed by atoms with van der Waals surface area (Å²) >= 11 is 4.70. The summed E-state index contributed by atoms with van der Waals surface area (Å²) in [6, 6.07) is 6.51. The summed E-state index contributed by atoms with van der Waals surface area (Å²) in [6.07, 6.45) is 0.0405. The summed E-state index contributed by atoms with van der Waals surface area (Å²) < 4.78 is 0. The average Bonchev–Trinajstić information content (AvgIpc) is 2.17. The number of phenols is 1. The van der Waals surface area contributed by atoms with E-state index >= 15 is 0 Å². The van der Waals surface area contributed by atoms with Gasteiger partial charge in [-0.25, -0.2) is 0 Å². The van der Waals surface area contributed by atoms with Crippen LogP contribution in [-0.2, 0) is 4.79 Å². The van der Waals surface area contributed by atoms with Crippen LogP contribution in [0.15, 0.2) is 24.3 Å². The summed E-state index contributed by atoms with van der Waals surface area (Å²) in [5.41, 5.74) is 5.97. The molecule has 0 bridgehead atoms. The molecule has 4 nitrogen and oxygen atoms in total. The molecule has 0 aliphatic heterocycles. The lowest BCUT2D eigenvalue weighted by atomic mass is 10.2. The third-order valence-electron chi connectivity index (χ3n) is 2.08. The van der Waals surface area contributed by atoms with E-state index in [1.165, 1.54) is 11.0 Å². The Hall–Kier alpha value is -1.62. The van der Waals surface area contributed by atoms with E-state index < -0.39 is 0 Å². The number of phenolic OH excluding ortho intramolecular Hbond substituents is 1. The number of hydrogen-bond donors (Lipinski definition) is 2. The van der Waals surface area contributed by atoms with E-state index in [-0.39, 0.29) is 23.1 Å². The van der Waals surface area contributed by atoms with Gasteiger partial charge < -0.3 is 15.7 Å². The van der Waals surface area contributed by atoms with Crippen LogP contribution >= 0.6 is 12.2 Å². The van der Waals surface area contributed by atoms with E-state index in [0.717, 1.165) is 0 Å². The van der Waals surface area contributed by atoms with Crippen molar-refractivity contribution in [2.45, 2.75) is 13.3 Å². The number of benzene rings is 1. The van der Waals surface area contributed by atoms with E-state index in [4.69, 9.17) is 18.0 Å². The van der Waals surface area contributed by atoms with Crippen molar-refractivity contribution in [1.29, 1.82) is 0 Å². The Bertz CT molecular complexity index is 407. The Kier molecular flexibility index (Phi) is 4.25. The Balaban J connectivity index is 2.89. The highest BCUT2D eigenvalue weighted by Gasteiger charge is 2.14. The van der Waals surface area contributed by atoms with Crippen LogP contribution in [0.5, 0.6) is 5.75 Å². The van der Waals surface area contributed by atoms with Gasteiger partial charge in [-0.3, -0.25) is 4.79 Å². The average molecular weight is 238 g/mol. The van der Waals surface area contributed by atoms with Crippen molar-refractivity contribution in [3.8, 4) is 5.75 Å². The molecule has 0 aliphatic rings. The van der Waals surface area contributed by atoms with Gasteiger partial charge in [-0.05, 0) is 19.1 Å². The van der Waals surface area contributed by atoms with E-state index in [0.29, 0.717) is 12.2 Å². The lowest BCUT2D eigenvalue weighted by molar-refractivity contribution is -0.117. The van der Waals surface area contributed by atoms with Crippen molar-refractivity contribution < 1.29 is 9.90 Å². The van der Waals surface area contributed by atoms with Crippen LogP contribution in [0.25, 0.3) is 0 Å². The quantitative estimate of drug-likeness (QED) is 0.779. The first kappa shape index (κ1) is 12.4. The molecular weight excluding hydrogens is 224 g/mol. The van der Waals surface area contributed by atoms with Crippen LogP contribution in [0.1, 0.15) is 13.3 Å². The number of nitrogens with two attached hydrogens (primary N) is 1. The highest BCUT2D eigenvalue weighted by Crippen LogP contribution is 2.20. The molecule has 0 fully saturated rings. The zero-order valence-corrected chi connectivity index (χ0v) is 9.83. The first-order valence-corrected chi connectivity index (χ1v) is 5.33. The monoisotopic (exact) mass is 238 g/mol. The minimum Gasteiger partial charge on any atom is -0.508 e. The minimum atomic E-state index is -0.166. The SMILES string of the molecule is CCN(C(=O)CC(N)=S)c1cccc(O)c1. The van der Waals surface area contributed by atoms with Crippen molar-refractivity contribution >= 4 is 28.8 Å². The molecule has 16 heavy (non-hydrogen) atoms. The number of amides is 1. The summed E-state index contributed by atoms with van der Waals surface area (Å²) in [7, 11) is 0. The molecule has 1 aromatic rings. The van der Waals surface area contributed by atoms with Crippen molar-refractivity contribution in [2.24, 2.45) is 5.73 Å². The van der Waals surface area contributed by atoms with Gasteiger partial charge in [0, 0.05) is 18.3 Å². The third kappa shape index (κ3) is 3.20. The standard InChI is InChI=1S/C11H14N2O2S/c1-2-13(11(15)7-10(12)16)8-4-3-5-9(14)6-8/h3-6,14H,2,7H2,1H3,(H2,12,16). The topological polar surface area (TPSA) is 66.6 Å². The van der Waals surface area contributed by atoms with Crippen molar-refractivity contribution in [2.75, 3.05) is 11.4 Å². The van der Waals surface area contributed by atoms with Crippen LogP contribution in [0.4, 0.5) is 5.69 Å². The van der Waals surface area contributed by atoms with Gasteiger partial charge in [-0.15, -0.1) is 0 Å². The highest BCUT2D eigenvalue weighted by molar-refractivity contribution is 7.80. The predicted molar refractivity (Wildman–Crippen MR) is 67.5 cm³/mol. The first-order valence-electron chi connectivity index (χ1n) is 4.92. The zero-order valence-electron chi connectivity index (χ0n) is 9.01. The van der Waals surface area contributed by atoms with Gasteiger partial charge >= 0.3 is 0 Å².